The van der Waals surface area contributed by atoms with Crippen molar-refractivity contribution < 1.29 is 4.79 Å². The molecule has 1 aliphatic rings. The third-order valence-electron chi connectivity index (χ3n) is 3.38. The van der Waals surface area contributed by atoms with Crippen LogP contribution in [0.1, 0.15) is 43.2 Å². The number of rotatable bonds is 2. The second-order valence-corrected chi connectivity index (χ2v) is 6.42. The molecule has 0 aliphatic heterocycles. The number of nitrogens with one attached hydrogen (secondary N) is 1. The number of carbonyl (C=O) groups is 1. The molecule has 3 nitrogen and oxygen atoms in total. The van der Waals surface area contributed by atoms with Gasteiger partial charge in [-0.3, -0.25) is 4.79 Å². The Kier molecular flexibility index (Phi) is 3.72. The summed E-state index contributed by atoms with van der Waals surface area (Å²) in [6, 6.07) is 2.26. The highest BCUT2D eigenvalue weighted by Crippen LogP contribution is 2.39. The van der Waals surface area contributed by atoms with Gasteiger partial charge >= 0.3 is 0 Å². The SMILES string of the molecule is CC(C)C(=O)Nc1sc2c(c1C#N)CC[C@H](C)C2. The summed E-state index contributed by atoms with van der Waals surface area (Å²) in [5.41, 5.74) is 1.86. The molecule has 18 heavy (non-hydrogen) atoms. The van der Waals surface area contributed by atoms with Crippen molar-refractivity contribution in [1.29, 1.82) is 5.26 Å². The van der Waals surface area contributed by atoms with E-state index < -0.39 is 0 Å². The number of anilines is 1. The highest BCUT2D eigenvalue weighted by molar-refractivity contribution is 7.16. The minimum atomic E-state index is -0.0606. The number of amides is 1. The molecule has 1 amide bonds. The van der Waals surface area contributed by atoms with Crippen LogP contribution in [0.4, 0.5) is 5.00 Å². The largest absolute Gasteiger partial charge is 0.316 e. The molecule has 1 atom stereocenters. The van der Waals surface area contributed by atoms with Gasteiger partial charge in [0.2, 0.25) is 5.91 Å². The molecule has 96 valence electrons. The predicted octanol–water partition coefficient (Wildman–Crippen LogP) is 3.34. The number of fused-ring (bicyclic) bond motifs is 1. The van der Waals surface area contributed by atoms with E-state index in [1.807, 2.05) is 13.8 Å². The Labute approximate surface area is 112 Å². The number of nitrogens with zero attached hydrogens (tertiary/aromatic N) is 1. The molecule has 0 unspecified atom stereocenters. The van der Waals surface area contributed by atoms with Gasteiger partial charge in [-0.25, -0.2) is 0 Å². The molecule has 0 fully saturated rings. The van der Waals surface area contributed by atoms with Crippen LogP contribution in [0, 0.1) is 23.2 Å². The number of nitriles is 1. The summed E-state index contributed by atoms with van der Waals surface area (Å²) in [7, 11) is 0. The number of carbonyl (C=O) groups excluding carboxylic acids is 1. The third-order valence-corrected chi connectivity index (χ3v) is 4.55. The molecule has 0 bridgehead atoms. The molecule has 1 aromatic heterocycles. The minimum absolute atomic E-state index is 0.0156. The van der Waals surface area contributed by atoms with Crippen molar-refractivity contribution >= 4 is 22.2 Å². The second-order valence-electron chi connectivity index (χ2n) is 5.31. The van der Waals surface area contributed by atoms with Gasteiger partial charge in [-0.05, 0) is 30.7 Å². The Hall–Kier alpha value is -1.34. The lowest BCUT2D eigenvalue weighted by molar-refractivity contribution is -0.118. The normalized spacial score (nSPS) is 18.3. The predicted molar refractivity (Wildman–Crippen MR) is 73.7 cm³/mol. The maximum absolute atomic E-state index is 11.7. The van der Waals surface area contributed by atoms with Crippen LogP contribution in [0.25, 0.3) is 0 Å². The maximum atomic E-state index is 11.7. The Bertz CT molecular complexity index is 511. The number of hydrogen-bond donors (Lipinski definition) is 1. The zero-order valence-electron chi connectivity index (χ0n) is 11.0. The smallest absolute Gasteiger partial charge is 0.227 e. The molecule has 0 saturated carbocycles. The maximum Gasteiger partial charge on any atom is 0.227 e. The number of hydrogen-bond acceptors (Lipinski definition) is 3. The summed E-state index contributed by atoms with van der Waals surface area (Å²) in [6.07, 6.45) is 3.13. The Morgan fingerprint density at radius 3 is 2.89 bits per heavy atom. The van der Waals surface area contributed by atoms with Crippen LogP contribution >= 0.6 is 11.3 Å². The molecule has 1 aromatic rings. The monoisotopic (exact) mass is 262 g/mol. The summed E-state index contributed by atoms with van der Waals surface area (Å²) in [4.78, 5) is 13.0. The van der Waals surface area contributed by atoms with E-state index in [4.69, 9.17) is 0 Å². The molecule has 0 saturated heterocycles. The standard InChI is InChI=1S/C14H18N2OS/c1-8(2)13(17)16-14-11(7-15)10-5-4-9(3)6-12(10)18-14/h8-9H,4-6H2,1-3H3,(H,16,17)/t9-/m0/s1. The zero-order chi connectivity index (χ0) is 13.3. The van der Waals surface area contributed by atoms with E-state index in [0.717, 1.165) is 24.3 Å². The van der Waals surface area contributed by atoms with Crippen LogP contribution < -0.4 is 5.32 Å². The van der Waals surface area contributed by atoms with Gasteiger partial charge in [-0.2, -0.15) is 5.26 Å². The molecule has 1 aliphatic carbocycles. The van der Waals surface area contributed by atoms with E-state index in [2.05, 4.69) is 18.3 Å². The third kappa shape index (κ3) is 2.41. The summed E-state index contributed by atoms with van der Waals surface area (Å²) in [5.74, 6) is 0.601. The van der Waals surface area contributed by atoms with Gasteiger partial charge in [0, 0.05) is 10.8 Å². The van der Waals surface area contributed by atoms with Crippen LogP contribution in [0.3, 0.4) is 0 Å². The topological polar surface area (TPSA) is 52.9 Å². The Morgan fingerprint density at radius 1 is 1.56 bits per heavy atom. The van der Waals surface area contributed by atoms with Gasteiger partial charge in [-0.1, -0.05) is 20.8 Å². The lowest BCUT2D eigenvalue weighted by Crippen LogP contribution is -2.17. The van der Waals surface area contributed by atoms with Crippen molar-refractivity contribution in [2.45, 2.75) is 40.0 Å². The van der Waals surface area contributed by atoms with Crippen LogP contribution in [0.5, 0.6) is 0 Å². The van der Waals surface area contributed by atoms with E-state index in [1.54, 1.807) is 11.3 Å². The number of thiophene rings is 1. The molecule has 0 spiro atoms. The Morgan fingerprint density at radius 2 is 2.28 bits per heavy atom. The molecule has 0 radical (unpaired) electrons. The van der Waals surface area contributed by atoms with Crippen molar-refractivity contribution in [2.75, 3.05) is 5.32 Å². The zero-order valence-corrected chi connectivity index (χ0v) is 11.9. The van der Waals surface area contributed by atoms with E-state index in [1.165, 1.54) is 10.4 Å². The molecular formula is C14H18N2OS. The molecule has 1 heterocycles. The summed E-state index contributed by atoms with van der Waals surface area (Å²) in [5, 5.41) is 12.9. The van der Waals surface area contributed by atoms with Gasteiger partial charge < -0.3 is 5.32 Å². The summed E-state index contributed by atoms with van der Waals surface area (Å²) in [6.45, 7) is 5.95. The van der Waals surface area contributed by atoms with Gasteiger partial charge in [0.05, 0.1) is 5.56 Å². The van der Waals surface area contributed by atoms with Crippen LogP contribution in [-0.4, -0.2) is 5.91 Å². The molecular weight excluding hydrogens is 244 g/mol. The first-order chi connectivity index (χ1) is 8.52. The Balaban J connectivity index is 2.32. The minimum Gasteiger partial charge on any atom is -0.316 e. The van der Waals surface area contributed by atoms with E-state index in [-0.39, 0.29) is 11.8 Å². The van der Waals surface area contributed by atoms with Gasteiger partial charge in [0.1, 0.15) is 11.1 Å². The summed E-state index contributed by atoms with van der Waals surface area (Å²) < 4.78 is 0. The first-order valence-corrected chi connectivity index (χ1v) is 7.20. The lowest BCUT2D eigenvalue weighted by Gasteiger charge is -2.17. The fourth-order valence-corrected chi connectivity index (χ4v) is 3.58. The summed E-state index contributed by atoms with van der Waals surface area (Å²) >= 11 is 1.58. The average molecular weight is 262 g/mol. The fraction of sp³-hybridized carbons (Fsp3) is 0.571. The highest BCUT2D eigenvalue weighted by Gasteiger charge is 2.24. The lowest BCUT2D eigenvalue weighted by atomic mass is 9.88. The van der Waals surface area contributed by atoms with E-state index in [9.17, 15) is 10.1 Å². The van der Waals surface area contributed by atoms with Crippen LogP contribution in [-0.2, 0) is 17.6 Å². The molecule has 0 aromatic carbocycles. The van der Waals surface area contributed by atoms with Crippen LogP contribution in [0.2, 0.25) is 0 Å². The fourth-order valence-electron chi connectivity index (χ4n) is 2.21. The van der Waals surface area contributed by atoms with Gasteiger partial charge in [0.25, 0.3) is 0 Å². The molecule has 2 rings (SSSR count). The van der Waals surface area contributed by atoms with E-state index >= 15 is 0 Å². The average Bonchev–Trinajstić information content (AvgIpc) is 2.64. The van der Waals surface area contributed by atoms with E-state index in [0.29, 0.717) is 11.5 Å². The van der Waals surface area contributed by atoms with Crippen molar-refractivity contribution in [3.63, 3.8) is 0 Å². The van der Waals surface area contributed by atoms with Crippen molar-refractivity contribution in [3.8, 4) is 6.07 Å². The first-order valence-electron chi connectivity index (χ1n) is 6.38. The molecule has 1 N–H and O–H groups in total. The molecule has 4 heteroatoms. The van der Waals surface area contributed by atoms with Gasteiger partial charge in [0.15, 0.2) is 0 Å². The first kappa shape index (κ1) is 13.1. The quantitative estimate of drug-likeness (QED) is 0.888. The van der Waals surface area contributed by atoms with Crippen molar-refractivity contribution in [2.24, 2.45) is 11.8 Å². The highest BCUT2D eigenvalue weighted by atomic mass is 32.1. The van der Waals surface area contributed by atoms with Crippen molar-refractivity contribution in [1.82, 2.24) is 0 Å². The second kappa shape index (κ2) is 5.11. The van der Waals surface area contributed by atoms with Crippen molar-refractivity contribution in [3.05, 3.63) is 16.0 Å². The van der Waals surface area contributed by atoms with Crippen LogP contribution in [0.15, 0.2) is 0 Å². The van der Waals surface area contributed by atoms with Gasteiger partial charge in [-0.15, -0.1) is 11.3 Å².